The summed E-state index contributed by atoms with van der Waals surface area (Å²) in [5.41, 5.74) is 1.90. The van der Waals surface area contributed by atoms with Crippen LogP contribution in [-0.2, 0) is 4.79 Å². The fraction of sp³-hybridized carbons (Fsp3) is 0.480. The molecular formula is C25H33NO3. The monoisotopic (exact) mass is 395 g/mol. The number of benzene rings is 2. The van der Waals surface area contributed by atoms with Gasteiger partial charge in [-0.05, 0) is 43.4 Å². The summed E-state index contributed by atoms with van der Waals surface area (Å²) in [5, 5.41) is 3.22. The first-order chi connectivity index (χ1) is 13.9. The number of amides is 1. The lowest BCUT2D eigenvalue weighted by Gasteiger charge is -2.42. The fourth-order valence-corrected chi connectivity index (χ4v) is 4.03. The molecule has 1 aliphatic rings. The molecule has 0 fully saturated rings. The number of carbonyl (C=O) groups is 1. The molecule has 2 aromatic rings. The van der Waals surface area contributed by atoms with E-state index in [0.717, 1.165) is 41.9 Å². The van der Waals surface area contributed by atoms with Gasteiger partial charge in [0.1, 0.15) is 17.1 Å². The molecule has 0 unspecified atom stereocenters. The lowest BCUT2D eigenvalue weighted by atomic mass is 9.83. The number of ether oxygens (including phenoxy) is 2. The minimum atomic E-state index is -0.581. The normalized spacial score (nSPS) is 18.5. The van der Waals surface area contributed by atoms with Gasteiger partial charge in [-0.15, -0.1) is 0 Å². The van der Waals surface area contributed by atoms with E-state index in [-0.39, 0.29) is 17.6 Å². The van der Waals surface area contributed by atoms with Crippen LogP contribution < -0.4 is 14.8 Å². The molecule has 1 aliphatic heterocycles. The van der Waals surface area contributed by atoms with Crippen molar-refractivity contribution in [3.8, 4) is 11.5 Å². The van der Waals surface area contributed by atoms with E-state index in [4.69, 9.17) is 9.47 Å². The van der Waals surface area contributed by atoms with E-state index in [2.05, 4.69) is 39.1 Å². The van der Waals surface area contributed by atoms with E-state index in [1.54, 1.807) is 0 Å². The van der Waals surface area contributed by atoms with Gasteiger partial charge in [0.2, 0.25) is 0 Å². The first-order valence-electron chi connectivity index (χ1n) is 10.7. The maximum absolute atomic E-state index is 13.0. The molecule has 29 heavy (non-hydrogen) atoms. The van der Waals surface area contributed by atoms with Crippen LogP contribution in [0.15, 0.2) is 48.5 Å². The van der Waals surface area contributed by atoms with Crippen molar-refractivity contribution in [1.29, 1.82) is 0 Å². The summed E-state index contributed by atoms with van der Waals surface area (Å²) in [6, 6.07) is 15.8. The summed E-state index contributed by atoms with van der Waals surface area (Å²) in [7, 11) is 0. The van der Waals surface area contributed by atoms with Crippen molar-refractivity contribution >= 4 is 5.91 Å². The van der Waals surface area contributed by atoms with Gasteiger partial charge in [0, 0.05) is 12.0 Å². The maximum Gasteiger partial charge on any atom is 0.261 e. The summed E-state index contributed by atoms with van der Waals surface area (Å²) in [6.45, 7) is 10.3. The topological polar surface area (TPSA) is 47.6 Å². The molecule has 1 N–H and O–H groups in total. The number of hydrogen-bond acceptors (Lipinski definition) is 3. The first kappa shape index (κ1) is 21.2. The van der Waals surface area contributed by atoms with Crippen molar-refractivity contribution < 1.29 is 14.3 Å². The van der Waals surface area contributed by atoms with Crippen LogP contribution in [0, 0.1) is 0 Å². The second-order valence-corrected chi connectivity index (χ2v) is 8.25. The quantitative estimate of drug-likeness (QED) is 0.647. The Kier molecular flexibility index (Phi) is 6.51. The highest BCUT2D eigenvalue weighted by molar-refractivity contribution is 5.81. The maximum atomic E-state index is 13.0. The average Bonchev–Trinajstić information content (AvgIpc) is 2.73. The van der Waals surface area contributed by atoms with Gasteiger partial charge < -0.3 is 14.8 Å². The van der Waals surface area contributed by atoms with Crippen molar-refractivity contribution in [2.45, 2.75) is 77.5 Å². The van der Waals surface area contributed by atoms with Crippen molar-refractivity contribution in [3.63, 3.8) is 0 Å². The highest BCUT2D eigenvalue weighted by Crippen LogP contribution is 2.42. The minimum Gasteiger partial charge on any atom is -0.487 e. The molecular weight excluding hydrogens is 362 g/mol. The Morgan fingerprint density at radius 1 is 1.10 bits per heavy atom. The van der Waals surface area contributed by atoms with Crippen LogP contribution in [0.3, 0.4) is 0 Å². The van der Waals surface area contributed by atoms with Crippen molar-refractivity contribution in [3.05, 3.63) is 59.7 Å². The Balaban J connectivity index is 1.77. The summed E-state index contributed by atoms with van der Waals surface area (Å²) < 4.78 is 12.4. The lowest BCUT2D eigenvalue weighted by molar-refractivity contribution is -0.128. The zero-order valence-corrected chi connectivity index (χ0v) is 18.2. The van der Waals surface area contributed by atoms with Crippen LogP contribution in [0.2, 0.25) is 0 Å². The molecule has 4 heteroatoms. The SMILES string of the molecule is CCC1(CC)C[C@H](NC(=O)[C@@H](C)Oc2ccccc2C(C)C)c2ccccc2O1. The smallest absolute Gasteiger partial charge is 0.261 e. The van der Waals surface area contributed by atoms with Gasteiger partial charge in [-0.1, -0.05) is 64.1 Å². The van der Waals surface area contributed by atoms with Gasteiger partial charge in [0.15, 0.2) is 6.10 Å². The highest BCUT2D eigenvalue weighted by atomic mass is 16.5. The average molecular weight is 396 g/mol. The van der Waals surface area contributed by atoms with Crippen LogP contribution in [0.5, 0.6) is 11.5 Å². The molecule has 156 valence electrons. The van der Waals surface area contributed by atoms with Gasteiger partial charge in [-0.2, -0.15) is 0 Å². The number of para-hydroxylation sites is 2. The third kappa shape index (κ3) is 4.58. The van der Waals surface area contributed by atoms with Crippen LogP contribution in [-0.4, -0.2) is 17.6 Å². The predicted octanol–water partition coefficient (Wildman–Crippen LogP) is 5.78. The third-order valence-corrected chi connectivity index (χ3v) is 6.02. The zero-order valence-electron chi connectivity index (χ0n) is 18.2. The molecule has 0 spiro atoms. The summed E-state index contributed by atoms with van der Waals surface area (Å²) in [5.74, 6) is 1.87. The molecule has 2 atom stereocenters. The second kappa shape index (κ2) is 8.89. The molecule has 0 bridgehead atoms. The molecule has 2 aromatic carbocycles. The van der Waals surface area contributed by atoms with E-state index < -0.39 is 6.10 Å². The third-order valence-electron chi connectivity index (χ3n) is 6.02. The molecule has 1 amide bonds. The predicted molar refractivity (Wildman–Crippen MR) is 117 cm³/mol. The van der Waals surface area contributed by atoms with E-state index in [1.807, 2.05) is 49.4 Å². The van der Waals surface area contributed by atoms with Gasteiger partial charge >= 0.3 is 0 Å². The number of hydrogen-bond donors (Lipinski definition) is 1. The molecule has 0 radical (unpaired) electrons. The highest BCUT2D eigenvalue weighted by Gasteiger charge is 2.39. The van der Waals surface area contributed by atoms with E-state index in [9.17, 15) is 4.79 Å². The lowest BCUT2D eigenvalue weighted by Crippen LogP contribution is -2.47. The van der Waals surface area contributed by atoms with Crippen LogP contribution in [0.25, 0.3) is 0 Å². The number of fused-ring (bicyclic) bond motifs is 1. The Labute approximate surface area is 174 Å². The molecule has 0 aliphatic carbocycles. The molecule has 0 saturated carbocycles. The Morgan fingerprint density at radius 3 is 2.45 bits per heavy atom. The molecule has 0 saturated heterocycles. The number of rotatable bonds is 7. The standard InChI is InChI=1S/C25H33NO3/c1-6-25(7-2)16-21(20-13-9-11-15-23(20)29-25)26-24(27)18(5)28-22-14-10-8-12-19(22)17(3)4/h8-15,17-18,21H,6-7,16H2,1-5H3,(H,26,27)/t18-,21+/m1/s1. The Hall–Kier alpha value is -2.49. The summed E-state index contributed by atoms with van der Waals surface area (Å²) in [6.07, 6.45) is 1.98. The van der Waals surface area contributed by atoms with Crippen LogP contribution >= 0.6 is 0 Å². The van der Waals surface area contributed by atoms with Crippen LogP contribution in [0.1, 0.15) is 77.0 Å². The van der Waals surface area contributed by atoms with Crippen molar-refractivity contribution in [1.82, 2.24) is 5.32 Å². The van der Waals surface area contributed by atoms with Crippen LogP contribution in [0.4, 0.5) is 0 Å². The molecule has 0 aromatic heterocycles. The Morgan fingerprint density at radius 2 is 1.76 bits per heavy atom. The van der Waals surface area contributed by atoms with E-state index >= 15 is 0 Å². The summed E-state index contributed by atoms with van der Waals surface area (Å²) >= 11 is 0. The number of carbonyl (C=O) groups excluding carboxylic acids is 1. The largest absolute Gasteiger partial charge is 0.487 e. The van der Waals surface area contributed by atoms with Gasteiger partial charge in [0.25, 0.3) is 5.91 Å². The van der Waals surface area contributed by atoms with Gasteiger partial charge in [-0.3, -0.25) is 4.79 Å². The first-order valence-corrected chi connectivity index (χ1v) is 10.7. The van der Waals surface area contributed by atoms with E-state index in [1.165, 1.54) is 0 Å². The van der Waals surface area contributed by atoms with E-state index in [0.29, 0.717) is 5.92 Å². The zero-order chi connectivity index (χ0) is 21.0. The fourth-order valence-electron chi connectivity index (χ4n) is 4.03. The van der Waals surface area contributed by atoms with Crippen molar-refractivity contribution in [2.24, 2.45) is 0 Å². The Bertz CT molecular complexity index is 841. The molecule has 3 rings (SSSR count). The van der Waals surface area contributed by atoms with Gasteiger partial charge in [0.05, 0.1) is 6.04 Å². The van der Waals surface area contributed by atoms with Gasteiger partial charge in [-0.25, -0.2) is 0 Å². The minimum absolute atomic E-state index is 0.0845. The second-order valence-electron chi connectivity index (χ2n) is 8.25. The molecule has 1 heterocycles. The summed E-state index contributed by atoms with van der Waals surface area (Å²) in [4.78, 5) is 13.0. The number of nitrogens with one attached hydrogen (secondary N) is 1. The molecule has 4 nitrogen and oxygen atoms in total. The van der Waals surface area contributed by atoms with Crippen molar-refractivity contribution in [2.75, 3.05) is 0 Å².